The molecule has 0 radical (unpaired) electrons. The lowest BCUT2D eigenvalue weighted by atomic mass is 9.95. The summed E-state index contributed by atoms with van der Waals surface area (Å²) >= 11 is 0. The van der Waals surface area contributed by atoms with Crippen molar-refractivity contribution in [3.63, 3.8) is 0 Å². The van der Waals surface area contributed by atoms with E-state index in [0.29, 0.717) is 16.7 Å². The molecule has 3 heteroatoms. The van der Waals surface area contributed by atoms with Gasteiger partial charge in [0.05, 0.1) is 5.92 Å². The second kappa shape index (κ2) is 8.44. The first-order valence-electron chi connectivity index (χ1n) is 8.49. The second-order valence-corrected chi connectivity index (χ2v) is 6.17. The molecule has 3 nitrogen and oxygen atoms in total. The first-order chi connectivity index (χ1) is 11.5. The lowest BCUT2D eigenvalue weighted by Gasteiger charge is -2.09. The van der Waals surface area contributed by atoms with E-state index < -0.39 is 11.9 Å². The number of rotatable bonds is 8. The van der Waals surface area contributed by atoms with Gasteiger partial charge in [0.15, 0.2) is 5.78 Å². The Morgan fingerprint density at radius 1 is 1.00 bits per heavy atom. The summed E-state index contributed by atoms with van der Waals surface area (Å²) in [6.07, 6.45) is 4.61. The van der Waals surface area contributed by atoms with Gasteiger partial charge in [-0.2, -0.15) is 0 Å². The third kappa shape index (κ3) is 4.54. The number of carbonyl (C=O) groups excluding carboxylic acids is 1. The van der Waals surface area contributed by atoms with E-state index in [2.05, 4.69) is 6.92 Å². The van der Waals surface area contributed by atoms with Crippen molar-refractivity contribution in [2.75, 3.05) is 0 Å². The molecule has 0 saturated carbocycles. The summed E-state index contributed by atoms with van der Waals surface area (Å²) in [5, 5.41) is 9.12. The molecule has 2 aromatic rings. The fraction of sp³-hybridized carbons (Fsp3) is 0.333. The smallest absolute Gasteiger partial charge is 0.310 e. The molecule has 0 aliphatic carbocycles. The topological polar surface area (TPSA) is 54.4 Å². The quantitative estimate of drug-likeness (QED) is 0.558. The minimum atomic E-state index is -0.893. The zero-order chi connectivity index (χ0) is 17.5. The van der Waals surface area contributed by atoms with Crippen LogP contribution >= 0.6 is 0 Å². The zero-order valence-corrected chi connectivity index (χ0v) is 14.3. The van der Waals surface area contributed by atoms with Gasteiger partial charge in [0.1, 0.15) is 0 Å². The molecule has 0 amide bonds. The standard InChI is InChI=1S/C21H24O3/c1-3-4-5-7-16-10-12-17(13-11-16)20(22)19-9-6-8-18(14-19)15(2)21(23)24/h6,8-15H,3-5,7H2,1-2H3,(H,23,24). The van der Waals surface area contributed by atoms with E-state index in [4.69, 9.17) is 5.11 Å². The lowest BCUT2D eigenvalue weighted by molar-refractivity contribution is -0.138. The molecule has 0 bridgehead atoms. The van der Waals surface area contributed by atoms with Crippen molar-refractivity contribution in [3.8, 4) is 0 Å². The van der Waals surface area contributed by atoms with Crippen molar-refractivity contribution in [2.24, 2.45) is 0 Å². The fourth-order valence-corrected chi connectivity index (χ4v) is 2.66. The Bertz CT molecular complexity index is 701. The predicted octanol–water partition coefficient (Wildman–Crippen LogP) is 4.84. The summed E-state index contributed by atoms with van der Waals surface area (Å²) in [6, 6.07) is 14.6. The molecule has 0 aliphatic rings. The van der Waals surface area contributed by atoms with E-state index in [-0.39, 0.29) is 5.78 Å². The highest BCUT2D eigenvalue weighted by Gasteiger charge is 2.16. The number of unbranched alkanes of at least 4 members (excludes halogenated alkanes) is 2. The molecular weight excluding hydrogens is 300 g/mol. The maximum Gasteiger partial charge on any atom is 0.310 e. The van der Waals surface area contributed by atoms with E-state index in [1.54, 1.807) is 31.2 Å². The van der Waals surface area contributed by atoms with Gasteiger partial charge in [-0.1, -0.05) is 62.2 Å². The molecule has 1 unspecified atom stereocenters. The van der Waals surface area contributed by atoms with Gasteiger partial charge in [-0.15, -0.1) is 0 Å². The molecule has 0 heterocycles. The molecule has 2 rings (SSSR count). The van der Waals surface area contributed by atoms with Crippen molar-refractivity contribution < 1.29 is 14.7 Å². The number of aliphatic carboxylic acids is 1. The Morgan fingerprint density at radius 3 is 2.33 bits per heavy atom. The maximum absolute atomic E-state index is 12.6. The number of carbonyl (C=O) groups is 2. The molecule has 24 heavy (non-hydrogen) atoms. The van der Waals surface area contributed by atoms with Crippen molar-refractivity contribution >= 4 is 11.8 Å². The largest absolute Gasteiger partial charge is 0.481 e. The van der Waals surface area contributed by atoms with Crippen LogP contribution in [0.2, 0.25) is 0 Å². The van der Waals surface area contributed by atoms with Crippen LogP contribution in [0.1, 0.15) is 66.1 Å². The summed E-state index contributed by atoms with van der Waals surface area (Å²) in [6.45, 7) is 3.80. The molecule has 0 aliphatic heterocycles. The molecule has 126 valence electrons. The van der Waals surface area contributed by atoms with Crippen LogP contribution in [0.5, 0.6) is 0 Å². The van der Waals surface area contributed by atoms with Gasteiger partial charge < -0.3 is 5.11 Å². The van der Waals surface area contributed by atoms with Crippen LogP contribution in [0.3, 0.4) is 0 Å². The molecule has 1 N–H and O–H groups in total. The Hall–Kier alpha value is -2.42. The van der Waals surface area contributed by atoms with E-state index in [0.717, 1.165) is 6.42 Å². The van der Waals surface area contributed by atoms with E-state index >= 15 is 0 Å². The van der Waals surface area contributed by atoms with Crippen molar-refractivity contribution in [3.05, 3.63) is 70.8 Å². The third-order valence-corrected chi connectivity index (χ3v) is 4.30. The van der Waals surface area contributed by atoms with Crippen LogP contribution in [0, 0.1) is 0 Å². The summed E-state index contributed by atoms with van der Waals surface area (Å²) in [7, 11) is 0. The summed E-state index contributed by atoms with van der Waals surface area (Å²) < 4.78 is 0. The van der Waals surface area contributed by atoms with E-state index in [1.165, 1.54) is 24.8 Å². The van der Waals surface area contributed by atoms with Gasteiger partial charge >= 0.3 is 5.97 Å². The Labute approximate surface area is 143 Å². The molecule has 0 saturated heterocycles. The van der Waals surface area contributed by atoms with Crippen LogP contribution in [-0.2, 0) is 11.2 Å². The number of hydrogen-bond acceptors (Lipinski definition) is 2. The number of aryl methyl sites for hydroxylation is 1. The average Bonchev–Trinajstić information content (AvgIpc) is 2.61. The molecule has 0 fully saturated rings. The first-order valence-corrected chi connectivity index (χ1v) is 8.49. The van der Waals surface area contributed by atoms with Gasteiger partial charge in [0.25, 0.3) is 0 Å². The number of ketones is 1. The second-order valence-electron chi connectivity index (χ2n) is 6.17. The molecule has 1 atom stereocenters. The maximum atomic E-state index is 12.6. The van der Waals surface area contributed by atoms with E-state index in [1.807, 2.05) is 24.3 Å². The van der Waals surface area contributed by atoms with Crippen LogP contribution in [-0.4, -0.2) is 16.9 Å². The SMILES string of the molecule is CCCCCc1ccc(C(=O)c2cccc(C(C)C(=O)O)c2)cc1. The Kier molecular flexibility index (Phi) is 6.30. The summed E-state index contributed by atoms with van der Waals surface area (Å²) in [4.78, 5) is 23.7. The summed E-state index contributed by atoms with van der Waals surface area (Å²) in [5.74, 6) is -1.59. The van der Waals surface area contributed by atoms with Crippen LogP contribution in [0.25, 0.3) is 0 Å². The monoisotopic (exact) mass is 324 g/mol. The Morgan fingerprint density at radius 2 is 1.71 bits per heavy atom. The highest BCUT2D eigenvalue weighted by atomic mass is 16.4. The number of carboxylic acid groups (broad SMARTS) is 1. The third-order valence-electron chi connectivity index (χ3n) is 4.30. The minimum absolute atomic E-state index is 0.0745. The van der Waals surface area contributed by atoms with Crippen LogP contribution in [0.4, 0.5) is 0 Å². The minimum Gasteiger partial charge on any atom is -0.481 e. The molecular formula is C21H24O3. The van der Waals surface area contributed by atoms with Crippen molar-refractivity contribution in [1.29, 1.82) is 0 Å². The zero-order valence-electron chi connectivity index (χ0n) is 14.3. The summed E-state index contributed by atoms with van der Waals surface area (Å²) in [5.41, 5.74) is 3.05. The van der Waals surface area contributed by atoms with Crippen molar-refractivity contribution in [2.45, 2.75) is 45.4 Å². The predicted molar refractivity (Wildman–Crippen MR) is 95.6 cm³/mol. The highest BCUT2D eigenvalue weighted by molar-refractivity contribution is 6.09. The average molecular weight is 324 g/mol. The lowest BCUT2D eigenvalue weighted by Crippen LogP contribution is -2.09. The molecule has 0 aromatic heterocycles. The molecule has 0 spiro atoms. The first kappa shape index (κ1) is 17.9. The van der Waals surface area contributed by atoms with Gasteiger partial charge in [0.2, 0.25) is 0 Å². The van der Waals surface area contributed by atoms with Gasteiger partial charge in [-0.3, -0.25) is 9.59 Å². The highest BCUT2D eigenvalue weighted by Crippen LogP contribution is 2.19. The normalized spacial score (nSPS) is 11.9. The fourth-order valence-electron chi connectivity index (χ4n) is 2.66. The van der Waals surface area contributed by atoms with Gasteiger partial charge in [-0.25, -0.2) is 0 Å². The van der Waals surface area contributed by atoms with Crippen LogP contribution in [0.15, 0.2) is 48.5 Å². The number of benzene rings is 2. The Balaban J connectivity index is 2.14. The number of carboxylic acids is 1. The van der Waals surface area contributed by atoms with Gasteiger partial charge in [-0.05, 0) is 37.0 Å². The van der Waals surface area contributed by atoms with Gasteiger partial charge in [0, 0.05) is 11.1 Å². The molecule has 2 aromatic carbocycles. The number of hydrogen-bond donors (Lipinski definition) is 1. The van der Waals surface area contributed by atoms with Crippen LogP contribution < -0.4 is 0 Å². The van der Waals surface area contributed by atoms with E-state index in [9.17, 15) is 9.59 Å². The van der Waals surface area contributed by atoms with Crippen molar-refractivity contribution in [1.82, 2.24) is 0 Å².